The molecule has 0 amide bonds. The van der Waals surface area contributed by atoms with Gasteiger partial charge in [-0.25, -0.2) is 0 Å². The van der Waals surface area contributed by atoms with E-state index >= 15 is 0 Å². The van der Waals surface area contributed by atoms with Gasteiger partial charge in [-0.15, -0.1) is 0 Å². The maximum atomic E-state index is 13.0. The molecule has 0 bridgehead atoms. The fraction of sp³-hybridized carbons (Fsp3) is 0.800. The molecule has 0 fully saturated rings. The first-order valence-corrected chi connectivity index (χ1v) is 5.49. The maximum absolute atomic E-state index is 13.0. The molecule has 0 heterocycles. The van der Waals surface area contributed by atoms with Crippen molar-refractivity contribution < 1.29 is 65.9 Å². The number of allylic oxidation sites excluding steroid dienone is 1. The smallest absolute Gasteiger partial charge is 0.199 e. The summed E-state index contributed by atoms with van der Waals surface area (Å²) < 4.78 is 189. The van der Waals surface area contributed by atoms with Crippen LogP contribution in [0.15, 0.2) is 12.7 Å². The van der Waals surface area contributed by atoms with Crippen LogP contribution in [-0.4, -0.2) is 41.7 Å². The van der Waals surface area contributed by atoms with Crippen LogP contribution in [0.25, 0.3) is 0 Å². The minimum Gasteiger partial charge on any atom is -0.199 e. The molecule has 150 valence electrons. The van der Waals surface area contributed by atoms with Crippen LogP contribution < -0.4 is 0 Å². The molecule has 0 aromatic carbocycles. The third kappa shape index (κ3) is 3.50. The van der Waals surface area contributed by atoms with E-state index in [1.54, 1.807) is 0 Å². The van der Waals surface area contributed by atoms with Crippen LogP contribution >= 0.6 is 0 Å². The Balaban J connectivity index is 6.15. The lowest BCUT2D eigenvalue weighted by atomic mass is 9.91. The Morgan fingerprint density at radius 1 is 0.520 bits per heavy atom. The van der Waals surface area contributed by atoms with Crippen LogP contribution in [0.2, 0.25) is 0 Å². The highest BCUT2D eigenvalue weighted by molar-refractivity contribution is 5.13. The summed E-state index contributed by atoms with van der Waals surface area (Å²) in [5.41, 5.74) is 0. The normalized spacial score (nSPS) is 16.1. The molecule has 0 N–H and O–H groups in total. The minimum absolute atomic E-state index is 1.32. The summed E-state index contributed by atoms with van der Waals surface area (Å²) in [5.74, 6) is -42.9. The van der Waals surface area contributed by atoms with E-state index in [0.29, 0.717) is 0 Å². The maximum Gasteiger partial charge on any atom is 0.453 e. The third-order valence-electron chi connectivity index (χ3n) is 2.78. The first kappa shape index (κ1) is 23.7. The summed E-state index contributed by atoms with van der Waals surface area (Å²) in [4.78, 5) is 0. The van der Waals surface area contributed by atoms with E-state index < -0.39 is 54.2 Å². The highest BCUT2D eigenvalue weighted by Crippen LogP contribution is 2.59. The van der Waals surface area contributed by atoms with Crippen molar-refractivity contribution in [2.75, 3.05) is 0 Å². The molecule has 0 atom stereocenters. The van der Waals surface area contributed by atoms with Gasteiger partial charge in [-0.1, -0.05) is 6.58 Å². The quantitative estimate of drug-likeness (QED) is 0.360. The van der Waals surface area contributed by atoms with Crippen molar-refractivity contribution in [2.24, 2.45) is 0 Å². The van der Waals surface area contributed by atoms with Crippen LogP contribution in [0.3, 0.4) is 0 Å². The summed E-state index contributed by atoms with van der Waals surface area (Å²) >= 11 is 0. The fourth-order valence-corrected chi connectivity index (χ4v) is 1.25. The molecule has 0 spiro atoms. The Bertz CT molecular complexity index is 497. The van der Waals surface area contributed by atoms with E-state index in [2.05, 4.69) is 0 Å². The predicted octanol–water partition coefficient (Wildman–Crippen LogP) is 5.94. The lowest BCUT2D eigenvalue weighted by Crippen LogP contribution is -2.67. The van der Waals surface area contributed by atoms with E-state index in [1.807, 2.05) is 6.58 Å². The SMILES string of the molecule is C=CC(F)(F)C(F)(F)C(F)(F)C(F)(F)C(F)(F)CC(F)(F)C(F)(F)F. The Morgan fingerprint density at radius 2 is 0.880 bits per heavy atom. The van der Waals surface area contributed by atoms with Crippen LogP contribution in [0.5, 0.6) is 0 Å². The van der Waals surface area contributed by atoms with E-state index in [1.165, 1.54) is 0 Å². The van der Waals surface area contributed by atoms with Gasteiger partial charge in [-0.05, 0) is 6.08 Å². The topological polar surface area (TPSA) is 0 Å². The van der Waals surface area contributed by atoms with E-state index in [0.717, 1.165) is 0 Å². The molecule has 0 radical (unpaired) electrons. The summed E-state index contributed by atoms with van der Waals surface area (Å²) in [7, 11) is 0. The van der Waals surface area contributed by atoms with Crippen molar-refractivity contribution in [3.8, 4) is 0 Å². The van der Waals surface area contributed by atoms with Gasteiger partial charge in [0.15, 0.2) is 0 Å². The van der Waals surface area contributed by atoms with Crippen molar-refractivity contribution in [2.45, 2.75) is 48.1 Å². The Labute approximate surface area is 128 Å². The monoisotopic (exact) mass is 410 g/mol. The molecular weight excluding hydrogens is 405 g/mol. The van der Waals surface area contributed by atoms with Gasteiger partial charge in [0.1, 0.15) is 0 Å². The van der Waals surface area contributed by atoms with Crippen LogP contribution in [-0.2, 0) is 0 Å². The zero-order valence-corrected chi connectivity index (χ0v) is 11.2. The second kappa shape index (κ2) is 5.86. The lowest BCUT2D eigenvalue weighted by Gasteiger charge is -2.39. The van der Waals surface area contributed by atoms with E-state index in [4.69, 9.17) is 0 Å². The molecule has 25 heavy (non-hydrogen) atoms. The van der Waals surface area contributed by atoms with E-state index in [9.17, 15) is 65.9 Å². The number of alkyl halides is 15. The van der Waals surface area contributed by atoms with Crippen molar-refractivity contribution in [3.05, 3.63) is 12.7 Å². The van der Waals surface area contributed by atoms with Crippen LogP contribution in [0.4, 0.5) is 65.9 Å². The minimum atomic E-state index is -7.73. The molecule has 0 rings (SSSR count). The second-order valence-corrected chi connectivity index (χ2v) is 4.63. The number of hydrogen-bond acceptors (Lipinski definition) is 0. The lowest BCUT2D eigenvalue weighted by molar-refractivity contribution is -0.405. The van der Waals surface area contributed by atoms with Gasteiger partial charge in [0, 0.05) is 0 Å². The molecule has 0 aliphatic rings. The molecule has 0 aliphatic heterocycles. The van der Waals surface area contributed by atoms with Gasteiger partial charge in [-0.2, -0.15) is 65.9 Å². The highest BCUT2D eigenvalue weighted by Gasteiger charge is 2.86. The molecule has 0 unspecified atom stereocenters. The van der Waals surface area contributed by atoms with Crippen molar-refractivity contribution in [1.29, 1.82) is 0 Å². The molecular formula is C10H5F15. The molecule has 0 saturated heterocycles. The van der Waals surface area contributed by atoms with Crippen LogP contribution in [0, 0.1) is 0 Å². The van der Waals surface area contributed by atoms with Crippen molar-refractivity contribution in [3.63, 3.8) is 0 Å². The van der Waals surface area contributed by atoms with Gasteiger partial charge in [-0.3, -0.25) is 0 Å². The van der Waals surface area contributed by atoms with E-state index in [-0.39, 0.29) is 0 Å². The van der Waals surface area contributed by atoms with Gasteiger partial charge in [0.25, 0.3) is 0 Å². The predicted molar refractivity (Wildman–Crippen MR) is 50.6 cm³/mol. The van der Waals surface area contributed by atoms with Crippen molar-refractivity contribution >= 4 is 0 Å². The average Bonchev–Trinajstić information content (AvgIpc) is 2.35. The first-order valence-electron chi connectivity index (χ1n) is 5.49. The molecule has 0 saturated carbocycles. The Morgan fingerprint density at radius 3 is 1.16 bits per heavy atom. The first-order chi connectivity index (χ1) is 10.5. The van der Waals surface area contributed by atoms with Gasteiger partial charge < -0.3 is 0 Å². The number of rotatable bonds is 7. The zero-order valence-electron chi connectivity index (χ0n) is 11.2. The zero-order chi connectivity index (χ0) is 20.9. The third-order valence-corrected chi connectivity index (χ3v) is 2.78. The molecule has 0 aromatic heterocycles. The summed E-state index contributed by atoms with van der Waals surface area (Å²) in [6.07, 6.45) is -12.6. The largest absolute Gasteiger partial charge is 0.453 e. The molecule has 0 aliphatic carbocycles. The Kier molecular flexibility index (Phi) is 5.55. The van der Waals surface area contributed by atoms with Gasteiger partial charge in [0.05, 0.1) is 6.42 Å². The second-order valence-electron chi connectivity index (χ2n) is 4.63. The average molecular weight is 410 g/mol. The van der Waals surface area contributed by atoms with Gasteiger partial charge in [0.2, 0.25) is 0 Å². The fourth-order valence-electron chi connectivity index (χ4n) is 1.25. The summed E-state index contributed by atoms with van der Waals surface area (Å²) in [6, 6.07) is 0. The molecule has 0 nitrogen and oxygen atoms in total. The summed E-state index contributed by atoms with van der Waals surface area (Å²) in [5, 5.41) is 0. The molecule has 0 aromatic rings. The number of hydrogen-bond donors (Lipinski definition) is 0. The highest BCUT2D eigenvalue weighted by atomic mass is 19.4. The van der Waals surface area contributed by atoms with Crippen molar-refractivity contribution in [1.82, 2.24) is 0 Å². The Hall–Kier alpha value is -1.31. The number of halogens is 15. The standard InChI is InChI=1S/C10H5F15/c1-2-4(11,12)7(17,18)9(21,22)8(19,20)5(13,14)3-6(15,16)10(23,24)25/h2H,1,3H2. The van der Waals surface area contributed by atoms with Crippen LogP contribution in [0.1, 0.15) is 6.42 Å². The summed E-state index contributed by atoms with van der Waals surface area (Å²) in [6.45, 7) is 1.88. The van der Waals surface area contributed by atoms with Gasteiger partial charge >= 0.3 is 41.7 Å². The molecule has 15 heteroatoms.